The van der Waals surface area contributed by atoms with Crippen LogP contribution in [0.5, 0.6) is 5.88 Å². The van der Waals surface area contributed by atoms with E-state index in [0.717, 1.165) is 23.4 Å². The minimum atomic E-state index is -0.336. The van der Waals surface area contributed by atoms with Crippen LogP contribution >= 0.6 is 0 Å². The van der Waals surface area contributed by atoms with E-state index >= 15 is 0 Å². The molecule has 0 radical (unpaired) electrons. The lowest BCUT2D eigenvalue weighted by molar-refractivity contribution is -0.128. The number of rotatable bonds is 6. The zero-order valence-corrected chi connectivity index (χ0v) is 19.3. The van der Waals surface area contributed by atoms with Crippen molar-refractivity contribution in [3.8, 4) is 17.1 Å². The van der Waals surface area contributed by atoms with Crippen molar-refractivity contribution < 1.29 is 14.3 Å². The second-order valence-electron chi connectivity index (χ2n) is 8.44. The van der Waals surface area contributed by atoms with Crippen molar-refractivity contribution in [2.24, 2.45) is 0 Å². The molecule has 1 saturated heterocycles. The molecule has 1 aliphatic heterocycles. The molecule has 0 aliphatic carbocycles. The molecule has 0 unspecified atom stereocenters. The predicted molar refractivity (Wildman–Crippen MR) is 127 cm³/mol. The topological polar surface area (TPSA) is 80.7 Å². The number of hydrogen-bond donors (Lipinski definition) is 0. The van der Waals surface area contributed by atoms with Crippen LogP contribution in [-0.4, -0.2) is 77.2 Å². The van der Waals surface area contributed by atoms with Crippen LogP contribution in [0.25, 0.3) is 22.3 Å². The van der Waals surface area contributed by atoms with Crippen LogP contribution in [0.1, 0.15) is 12.5 Å². The number of benzene rings is 1. The minimum absolute atomic E-state index is 0.00792. The molecular weight excluding hydrogens is 418 g/mol. The van der Waals surface area contributed by atoms with Crippen LogP contribution in [0.15, 0.2) is 54.9 Å². The first-order chi connectivity index (χ1) is 15.9. The van der Waals surface area contributed by atoms with Crippen LogP contribution in [0, 0.1) is 0 Å². The molecule has 2 aromatic heterocycles. The summed E-state index contributed by atoms with van der Waals surface area (Å²) < 4.78 is 12.0. The van der Waals surface area contributed by atoms with E-state index in [1.54, 1.807) is 24.2 Å². The van der Waals surface area contributed by atoms with Gasteiger partial charge in [-0.05, 0) is 31.3 Å². The van der Waals surface area contributed by atoms with Gasteiger partial charge in [0, 0.05) is 44.5 Å². The highest BCUT2D eigenvalue weighted by Gasteiger charge is 2.23. The highest BCUT2D eigenvalue weighted by atomic mass is 16.5. The molecule has 8 nitrogen and oxygen atoms in total. The van der Waals surface area contributed by atoms with Crippen molar-refractivity contribution in [1.29, 1.82) is 0 Å². The molecule has 1 aromatic carbocycles. The van der Waals surface area contributed by atoms with Crippen molar-refractivity contribution in [3.05, 3.63) is 60.4 Å². The van der Waals surface area contributed by atoms with Gasteiger partial charge < -0.3 is 19.3 Å². The number of pyridine rings is 1. The predicted octanol–water partition coefficient (Wildman–Crippen LogP) is 2.94. The Hall–Kier alpha value is -3.36. The smallest absolute Gasteiger partial charge is 0.242 e. The van der Waals surface area contributed by atoms with E-state index in [1.165, 1.54) is 5.56 Å². The summed E-state index contributed by atoms with van der Waals surface area (Å²) in [5.41, 5.74) is 5.06. The molecule has 33 heavy (non-hydrogen) atoms. The number of ether oxygens (including phenoxy) is 2. The third kappa shape index (κ3) is 5.53. The molecule has 0 N–H and O–H groups in total. The van der Waals surface area contributed by atoms with Gasteiger partial charge in [0.1, 0.15) is 12.7 Å². The summed E-state index contributed by atoms with van der Waals surface area (Å²) in [4.78, 5) is 29.2. The first-order valence-corrected chi connectivity index (χ1v) is 10.9. The van der Waals surface area contributed by atoms with Crippen molar-refractivity contribution in [2.45, 2.75) is 19.6 Å². The lowest BCUT2D eigenvalue weighted by Crippen LogP contribution is -2.32. The lowest BCUT2D eigenvalue weighted by atomic mass is 10.1. The second kappa shape index (κ2) is 10.1. The molecule has 172 valence electrons. The number of hydrogen-bond acceptors (Lipinski definition) is 7. The highest BCUT2D eigenvalue weighted by Crippen LogP contribution is 2.28. The van der Waals surface area contributed by atoms with Crippen LogP contribution in [0.2, 0.25) is 0 Å². The van der Waals surface area contributed by atoms with Gasteiger partial charge in [-0.15, -0.1) is 0 Å². The van der Waals surface area contributed by atoms with E-state index in [4.69, 9.17) is 14.5 Å². The fourth-order valence-electron chi connectivity index (χ4n) is 3.78. The van der Waals surface area contributed by atoms with Crippen LogP contribution in [0.4, 0.5) is 0 Å². The molecule has 4 rings (SSSR count). The third-order valence-electron chi connectivity index (χ3n) is 5.52. The molecule has 1 fully saturated rings. The number of carbonyl (C=O) groups is 1. The second-order valence-corrected chi connectivity index (χ2v) is 8.44. The Morgan fingerprint density at radius 2 is 2.00 bits per heavy atom. The summed E-state index contributed by atoms with van der Waals surface area (Å²) in [6, 6.07) is 10.2. The summed E-state index contributed by atoms with van der Waals surface area (Å²) in [6.07, 6.45) is 2.94. The summed E-state index contributed by atoms with van der Waals surface area (Å²) in [6.45, 7) is 8.19. The maximum absolute atomic E-state index is 11.7. The van der Waals surface area contributed by atoms with Crippen molar-refractivity contribution in [3.63, 3.8) is 0 Å². The number of fused-ring (bicyclic) bond motifs is 1. The van der Waals surface area contributed by atoms with Gasteiger partial charge in [0.2, 0.25) is 11.8 Å². The van der Waals surface area contributed by atoms with Gasteiger partial charge in [0.25, 0.3) is 0 Å². The fourth-order valence-corrected chi connectivity index (χ4v) is 3.78. The van der Waals surface area contributed by atoms with Gasteiger partial charge in [-0.2, -0.15) is 0 Å². The Bertz CT molecular complexity index is 1150. The maximum Gasteiger partial charge on any atom is 0.242 e. The summed E-state index contributed by atoms with van der Waals surface area (Å²) in [7, 11) is 4.09. The molecule has 0 bridgehead atoms. The van der Waals surface area contributed by atoms with Gasteiger partial charge in [-0.1, -0.05) is 30.8 Å². The number of aromatic nitrogens is 3. The Balaban J connectivity index is 1.57. The van der Waals surface area contributed by atoms with Crippen LogP contribution < -0.4 is 4.74 Å². The van der Waals surface area contributed by atoms with Gasteiger partial charge in [-0.3, -0.25) is 9.78 Å². The van der Waals surface area contributed by atoms with E-state index in [-0.39, 0.29) is 18.6 Å². The maximum atomic E-state index is 11.7. The molecule has 0 saturated carbocycles. The molecule has 8 heteroatoms. The van der Waals surface area contributed by atoms with Crippen LogP contribution in [-0.2, 0) is 16.1 Å². The zero-order valence-electron chi connectivity index (χ0n) is 19.3. The Kier molecular flexibility index (Phi) is 6.96. The highest BCUT2D eigenvalue weighted by molar-refractivity contribution is 5.83. The number of amides is 1. The van der Waals surface area contributed by atoms with E-state index in [0.29, 0.717) is 36.6 Å². The molecule has 3 heterocycles. The monoisotopic (exact) mass is 447 g/mol. The van der Waals surface area contributed by atoms with E-state index < -0.39 is 0 Å². The molecule has 1 aliphatic rings. The van der Waals surface area contributed by atoms with Crippen molar-refractivity contribution >= 4 is 16.9 Å². The lowest BCUT2D eigenvalue weighted by Gasteiger charge is -2.20. The van der Waals surface area contributed by atoms with E-state index in [1.807, 2.05) is 20.2 Å². The van der Waals surface area contributed by atoms with Crippen molar-refractivity contribution in [1.82, 2.24) is 24.8 Å². The first-order valence-electron chi connectivity index (χ1n) is 10.9. The zero-order chi connectivity index (χ0) is 23.4. The van der Waals surface area contributed by atoms with E-state index in [2.05, 4.69) is 45.7 Å². The quantitative estimate of drug-likeness (QED) is 0.538. The first kappa shape index (κ1) is 22.8. The largest absolute Gasteiger partial charge is 0.473 e. The molecule has 1 amide bonds. The summed E-state index contributed by atoms with van der Waals surface area (Å²) >= 11 is 0. The Morgan fingerprint density at radius 3 is 2.73 bits per heavy atom. The van der Waals surface area contributed by atoms with E-state index in [9.17, 15) is 4.79 Å². The standard InChI is InChI=1S/C25H29N5O3/c1-17-14-30(18(2)31)11-12-32-23(17)16-33-25-24-22(26-9-10-27-24)13-21(28-25)20-7-5-19(6-8-20)15-29(3)4/h5-10,13,23H,1,11-12,14-16H2,2-4H3/t23-/m1/s1. The normalized spacial score (nSPS) is 16.8. The van der Waals surface area contributed by atoms with Gasteiger partial charge in [0.15, 0.2) is 5.52 Å². The number of carbonyl (C=O) groups excluding carboxylic acids is 1. The number of nitrogens with zero attached hydrogens (tertiary/aromatic N) is 5. The van der Waals surface area contributed by atoms with Gasteiger partial charge in [-0.25, -0.2) is 9.97 Å². The molecule has 0 spiro atoms. The van der Waals surface area contributed by atoms with Gasteiger partial charge >= 0.3 is 0 Å². The minimum Gasteiger partial charge on any atom is -0.473 e. The third-order valence-corrected chi connectivity index (χ3v) is 5.52. The average molecular weight is 448 g/mol. The molecular formula is C25H29N5O3. The molecule has 1 atom stereocenters. The van der Waals surface area contributed by atoms with Gasteiger partial charge in [0.05, 0.1) is 17.8 Å². The Morgan fingerprint density at radius 1 is 1.24 bits per heavy atom. The summed E-state index contributed by atoms with van der Waals surface area (Å²) in [5.74, 6) is 0.408. The average Bonchev–Trinajstić information content (AvgIpc) is 2.98. The van der Waals surface area contributed by atoms with Crippen molar-refractivity contribution in [2.75, 3.05) is 40.4 Å². The fraction of sp³-hybridized carbons (Fsp3) is 0.360. The SMILES string of the molecule is C=C1CN(C(C)=O)CCO[C@@H]1COc1nc(-c2ccc(CN(C)C)cc2)cc2nccnc12. The molecule has 3 aromatic rings. The van der Waals surface area contributed by atoms with Crippen LogP contribution in [0.3, 0.4) is 0 Å². The summed E-state index contributed by atoms with van der Waals surface area (Å²) in [5, 5.41) is 0. The Labute approximate surface area is 193 Å².